The van der Waals surface area contributed by atoms with Crippen LogP contribution in [-0.2, 0) is 0 Å². The number of allylic oxidation sites excluding steroid dienone is 1. The van der Waals surface area contributed by atoms with E-state index >= 15 is 0 Å². The van der Waals surface area contributed by atoms with Crippen LogP contribution in [0.15, 0.2) is 12.7 Å². The molecule has 0 rings (SSSR count). The third kappa shape index (κ3) is 70.9. The van der Waals surface area contributed by atoms with Crippen LogP contribution in [0.25, 0.3) is 0 Å². The van der Waals surface area contributed by atoms with E-state index in [2.05, 4.69) is 12.3 Å². The predicted octanol–water partition coefficient (Wildman–Crippen LogP) is 0.372. The molecule has 0 saturated carbocycles. The molecule has 0 bridgehead atoms. The Morgan fingerprint density at radius 3 is 2.12 bits per heavy atom. The summed E-state index contributed by atoms with van der Waals surface area (Å²) in [5.74, 6) is 0. The molecule has 8 heavy (non-hydrogen) atoms. The molecule has 0 saturated heterocycles. The summed E-state index contributed by atoms with van der Waals surface area (Å²) in [5, 5.41) is 9.05. The first-order valence-electron chi connectivity index (χ1n) is 2.08. The van der Waals surface area contributed by atoms with Crippen LogP contribution in [0.1, 0.15) is 6.92 Å². The van der Waals surface area contributed by atoms with Crippen LogP contribution in [0.3, 0.4) is 0 Å². The van der Waals surface area contributed by atoms with Crippen molar-refractivity contribution >= 4 is 0 Å². The highest BCUT2D eigenvalue weighted by Gasteiger charge is 1.76. The molecule has 48 valence electrons. The predicted molar refractivity (Wildman–Crippen MR) is 31.9 cm³/mol. The zero-order chi connectivity index (χ0) is 6.99. The molecule has 0 fully saturated rings. The summed E-state index contributed by atoms with van der Waals surface area (Å²) in [6.07, 6.45) is 1.75. The van der Waals surface area contributed by atoms with Gasteiger partial charge in [0.05, 0.1) is 0 Å². The fourth-order valence-corrected chi connectivity index (χ4v) is 0. The zero-order valence-electron chi connectivity index (χ0n) is 4.83. The Balaban J connectivity index is 0. The molecule has 0 heterocycles. The van der Waals surface area contributed by atoms with Crippen LogP contribution in [0, 0.1) is 10.1 Å². The van der Waals surface area contributed by atoms with Crippen molar-refractivity contribution in [3.63, 3.8) is 0 Å². The topological polar surface area (TPSA) is 69.2 Å². The average molecular weight is 118 g/mol. The third-order valence-corrected chi connectivity index (χ3v) is 0.149. The van der Waals surface area contributed by atoms with Crippen molar-refractivity contribution in [1.82, 2.24) is 0 Å². The average Bonchev–Trinajstić information content (AvgIpc) is 1.69. The summed E-state index contributed by atoms with van der Waals surface area (Å²) in [5.41, 5.74) is 4.47. The van der Waals surface area contributed by atoms with Crippen LogP contribution < -0.4 is 5.73 Å². The molecule has 0 radical (unpaired) electrons. The minimum Gasteiger partial charge on any atom is -0.271 e. The number of nitrogens with zero attached hydrogens (tertiary/aromatic N) is 1. The minimum absolute atomic E-state index is 0.472. The van der Waals surface area contributed by atoms with Crippen molar-refractivity contribution in [3.05, 3.63) is 22.8 Å². The Morgan fingerprint density at radius 1 is 2.00 bits per heavy atom. The molecule has 0 atom stereocenters. The van der Waals surface area contributed by atoms with Gasteiger partial charge in [0.2, 0.25) is 0 Å². The van der Waals surface area contributed by atoms with Gasteiger partial charge in [-0.05, 0) is 6.92 Å². The van der Waals surface area contributed by atoms with E-state index in [-0.39, 0.29) is 0 Å². The van der Waals surface area contributed by atoms with E-state index in [1.165, 1.54) is 0 Å². The quantitative estimate of drug-likeness (QED) is 0.234. The molecule has 0 aliphatic carbocycles. The summed E-state index contributed by atoms with van der Waals surface area (Å²) in [6, 6.07) is 0. The second-order valence-electron chi connectivity index (χ2n) is 0.924. The second kappa shape index (κ2) is 9.44. The fraction of sp³-hybridized carbons (Fsp3) is 0.500. The van der Waals surface area contributed by atoms with Crippen LogP contribution in [-0.4, -0.2) is 11.6 Å². The SMILES string of the molecule is C=CC.NC[N+](=O)[O-]. The molecule has 0 aromatic heterocycles. The Morgan fingerprint density at radius 2 is 2.12 bits per heavy atom. The van der Waals surface area contributed by atoms with E-state index in [1.807, 2.05) is 6.92 Å². The number of rotatable bonds is 1. The van der Waals surface area contributed by atoms with Crippen LogP contribution in [0.4, 0.5) is 0 Å². The van der Waals surface area contributed by atoms with Gasteiger partial charge >= 0.3 is 0 Å². The number of nitro groups is 1. The highest BCUT2D eigenvalue weighted by molar-refractivity contribution is 4.51. The summed E-state index contributed by atoms with van der Waals surface area (Å²) in [4.78, 5) is 8.45. The Bertz CT molecular complexity index is 72.4. The highest BCUT2D eigenvalue weighted by Crippen LogP contribution is 1.48. The number of hydrogen-bond acceptors (Lipinski definition) is 3. The van der Waals surface area contributed by atoms with E-state index in [4.69, 9.17) is 10.1 Å². The van der Waals surface area contributed by atoms with Crippen molar-refractivity contribution < 1.29 is 4.92 Å². The first-order chi connectivity index (χ1) is 3.68. The Hall–Kier alpha value is -0.900. The molecule has 0 unspecified atom stereocenters. The molecule has 0 aliphatic rings. The first kappa shape index (κ1) is 10.2. The molecule has 4 nitrogen and oxygen atoms in total. The maximum atomic E-state index is 9.05. The molecule has 0 aliphatic heterocycles. The monoisotopic (exact) mass is 118 g/mol. The lowest BCUT2D eigenvalue weighted by Crippen LogP contribution is -2.09. The molecular weight excluding hydrogens is 108 g/mol. The maximum Gasteiger partial charge on any atom is 0.254 e. The van der Waals surface area contributed by atoms with E-state index in [0.717, 1.165) is 0 Å². The minimum atomic E-state index is -0.597. The van der Waals surface area contributed by atoms with Crippen molar-refractivity contribution in [2.75, 3.05) is 6.67 Å². The largest absolute Gasteiger partial charge is 0.271 e. The molecule has 0 spiro atoms. The number of nitrogens with two attached hydrogens (primary N) is 1. The van der Waals surface area contributed by atoms with Crippen molar-refractivity contribution in [2.24, 2.45) is 5.73 Å². The standard InChI is InChI=1S/C3H6.CH4N2O2/c1-3-2;2-1-3(4)5/h3H,1H2,2H3;1-2H2. The second-order valence-corrected chi connectivity index (χ2v) is 0.924. The lowest BCUT2D eigenvalue weighted by Gasteiger charge is -1.74. The van der Waals surface area contributed by atoms with E-state index < -0.39 is 11.6 Å². The molecule has 4 heteroatoms. The highest BCUT2D eigenvalue weighted by atomic mass is 16.6. The van der Waals surface area contributed by atoms with Gasteiger partial charge in [-0.3, -0.25) is 15.8 Å². The van der Waals surface area contributed by atoms with Crippen LogP contribution >= 0.6 is 0 Å². The molecule has 0 aromatic carbocycles. The van der Waals surface area contributed by atoms with Gasteiger partial charge in [-0.25, -0.2) is 0 Å². The van der Waals surface area contributed by atoms with Crippen LogP contribution in [0.2, 0.25) is 0 Å². The van der Waals surface area contributed by atoms with Gasteiger partial charge in [0.25, 0.3) is 6.67 Å². The van der Waals surface area contributed by atoms with Crippen molar-refractivity contribution in [1.29, 1.82) is 0 Å². The zero-order valence-corrected chi connectivity index (χ0v) is 4.83. The van der Waals surface area contributed by atoms with Gasteiger partial charge in [-0.15, -0.1) is 6.58 Å². The smallest absolute Gasteiger partial charge is 0.254 e. The van der Waals surface area contributed by atoms with E-state index in [0.29, 0.717) is 0 Å². The van der Waals surface area contributed by atoms with Crippen molar-refractivity contribution in [3.8, 4) is 0 Å². The van der Waals surface area contributed by atoms with Gasteiger partial charge < -0.3 is 0 Å². The molecule has 2 N–H and O–H groups in total. The van der Waals surface area contributed by atoms with Gasteiger partial charge in [-0.1, -0.05) is 6.08 Å². The maximum absolute atomic E-state index is 9.05. The van der Waals surface area contributed by atoms with E-state index in [9.17, 15) is 0 Å². The van der Waals surface area contributed by atoms with Gasteiger partial charge in [0.1, 0.15) is 0 Å². The Kier molecular flexibility index (Phi) is 12.0. The molecule has 0 amide bonds. The molecule has 0 aromatic rings. The lowest BCUT2D eigenvalue weighted by atomic mass is 10.8. The van der Waals surface area contributed by atoms with Crippen LogP contribution in [0.5, 0.6) is 0 Å². The van der Waals surface area contributed by atoms with E-state index in [1.54, 1.807) is 6.08 Å². The lowest BCUT2D eigenvalue weighted by molar-refractivity contribution is -0.478. The van der Waals surface area contributed by atoms with Gasteiger partial charge in [0, 0.05) is 4.92 Å². The molecular formula is C4H10N2O2. The Labute approximate surface area is 48.1 Å². The fourth-order valence-electron chi connectivity index (χ4n) is 0. The summed E-state index contributed by atoms with van der Waals surface area (Å²) >= 11 is 0. The first-order valence-corrected chi connectivity index (χ1v) is 2.08. The van der Waals surface area contributed by atoms with Gasteiger partial charge in [-0.2, -0.15) is 0 Å². The normalized spacial score (nSPS) is 6.25. The van der Waals surface area contributed by atoms with Gasteiger partial charge in [0.15, 0.2) is 0 Å². The van der Waals surface area contributed by atoms with Crippen molar-refractivity contribution in [2.45, 2.75) is 6.92 Å². The summed E-state index contributed by atoms with van der Waals surface area (Å²) < 4.78 is 0. The summed E-state index contributed by atoms with van der Waals surface area (Å²) in [7, 11) is 0. The summed E-state index contributed by atoms with van der Waals surface area (Å²) in [6.45, 7) is 4.78. The third-order valence-electron chi connectivity index (χ3n) is 0.149. The number of hydrogen-bond donors (Lipinski definition) is 1.